The Balaban J connectivity index is 1.30. The number of amides is 2. The van der Waals surface area contributed by atoms with Crippen molar-refractivity contribution in [2.45, 2.75) is 63.2 Å². The van der Waals surface area contributed by atoms with Gasteiger partial charge in [0.1, 0.15) is 18.0 Å². The van der Waals surface area contributed by atoms with Crippen molar-refractivity contribution in [1.29, 1.82) is 0 Å². The van der Waals surface area contributed by atoms with Crippen molar-refractivity contribution in [3.63, 3.8) is 0 Å². The topological polar surface area (TPSA) is 170 Å². The molecular formula is C25H31FN12O2. The molecule has 3 aromatic heterocycles. The number of carbonyl (C=O) groups excluding carboxylic acids is 2. The molecule has 6 rings (SSSR count). The van der Waals surface area contributed by atoms with Crippen LogP contribution >= 0.6 is 0 Å². The molecule has 0 unspecified atom stereocenters. The second-order valence-electron chi connectivity index (χ2n) is 10.4. The van der Waals surface area contributed by atoms with Gasteiger partial charge < -0.3 is 25.8 Å². The fourth-order valence-corrected chi connectivity index (χ4v) is 5.18. The van der Waals surface area contributed by atoms with Crippen molar-refractivity contribution in [3.8, 4) is 0 Å². The summed E-state index contributed by atoms with van der Waals surface area (Å²) in [5, 5.41) is 16.2. The van der Waals surface area contributed by atoms with E-state index in [1.54, 1.807) is 4.90 Å². The Morgan fingerprint density at radius 3 is 2.73 bits per heavy atom. The minimum Gasteiger partial charge on any atom is -0.352 e. The highest BCUT2D eigenvalue weighted by Gasteiger charge is 2.39. The summed E-state index contributed by atoms with van der Waals surface area (Å²) in [5.74, 6) is 1.63. The molecule has 0 radical (unpaired) electrons. The van der Waals surface area contributed by atoms with Crippen LogP contribution < -0.4 is 25.8 Å². The minimum atomic E-state index is -1.25. The van der Waals surface area contributed by atoms with E-state index in [0.717, 1.165) is 31.4 Å². The third-order valence-corrected chi connectivity index (χ3v) is 7.19. The van der Waals surface area contributed by atoms with Crippen LogP contribution in [0.1, 0.15) is 50.6 Å². The Morgan fingerprint density at radius 2 is 1.95 bits per heavy atom. The lowest BCUT2D eigenvalue weighted by Gasteiger charge is -2.33. The summed E-state index contributed by atoms with van der Waals surface area (Å²) in [7, 11) is 0. The SMILES string of the molecule is CC(=O)N[C@H]1CCCN(c2nc(Nc3cc(C4CC4)n[nH]3)nc(N3C[C@H](F)C[C@H]3C(=O)Nc3cnccn3)n2)C1. The number of alkyl halides is 1. The standard InChI is InChI=1S/C25H31FN12O2/c1-14(39)29-17-3-2-8-37(13-17)24-32-23(31-20-10-18(35-36-20)15-4-5-15)33-25(34-24)38-12-16(26)9-19(38)22(40)30-21-11-27-6-7-28-21/h6-7,10-11,15-17,19H,2-5,8-9,12-13H2,1H3,(H,29,39)(H,28,30,40)(H2,31,32,33,34,35,36)/t16-,17+,19+/m1/s1. The number of nitrogens with zero attached hydrogens (tertiary/aromatic N) is 8. The lowest BCUT2D eigenvalue weighted by molar-refractivity contribution is -0.120. The predicted octanol–water partition coefficient (Wildman–Crippen LogP) is 1.67. The molecule has 3 atom stereocenters. The minimum absolute atomic E-state index is 0.0184. The fraction of sp³-hybridized carbons (Fsp3) is 0.520. The largest absolute Gasteiger partial charge is 0.352 e. The molecule has 2 amide bonds. The predicted molar refractivity (Wildman–Crippen MR) is 144 cm³/mol. The smallest absolute Gasteiger partial charge is 0.248 e. The normalized spacial score (nSPS) is 22.7. The van der Waals surface area contributed by atoms with E-state index in [-0.39, 0.29) is 42.6 Å². The fourth-order valence-electron chi connectivity index (χ4n) is 5.18. The number of hydrogen-bond donors (Lipinski definition) is 4. The molecule has 2 saturated heterocycles. The van der Waals surface area contributed by atoms with Crippen LogP contribution in [0.2, 0.25) is 0 Å². The maximum absolute atomic E-state index is 14.8. The van der Waals surface area contributed by atoms with Crippen molar-refractivity contribution in [3.05, 3.63) is 30.4 Å². The second kappa shape index (κ2) is 11.0. The zero-order valence-electron chi connectivity index (χ0n) is 22.0. The molecule has 4 N–H and O–H groups in total. The highest BCUT2D eigenvalue weighted by atomic mass is 19.1. The van der Waals surface area contributed by atoms with Gasteiger partial charge in [0.15, 0.2) is 5.82 Å². The zero-order valence-corrected chi connectivity index (χ0v) is 22.0. The Bertz CT molecular complexity index is 1370. The van der Waals surface area contributed by atoms with Crippen molar-refractivity contribution >= 4 is 41.3 Å². The summed E-state index contributed by atoms with van der Waals surface area (Å²) in [6.07, 6.45) is 7.04. The van der Waals surface area contributed by atoms with Crippen LogP contribution in [0.25, 0.3) is 0 Å². The van der Waals surface area contributed by atoms with E-state index in [1.807, 2.05) is 11.0 Å². The van der Waals surface area contributed by atoms with Gasteiger partial charge in [-0.05, 0) is 25.7 Å². The first kappa shape index (κ1) is 25.8. The van der Waals surface area contributed by atoms with Gasteiger partial charge in [0, 0.05) is 56.9 Å². The van der Waals surface area contributed by atoms with Crippen LogP contribution in [0.3, 0.4) is 0 Å². The van der Waals surface area contributed by atoms with Crippen LogP contribution in [-0.2, 0) is 9.59 Å². The molecule has 0 spiro atoms. The van der Waals surface area contributed by atoms with Gasteiger partial charge in [-0.3, -0.25) is 19.7 Å². The first-order valence-corrected chi connectivity index (χ1v) is 13.5. The number of anilines is 5. The number of aromatic amines is 1. The van der Waals surface area contributed by atoms with Crippen molar-refractivity contribution in [2.75, 3.05) is 40.1 Å². The first-order valence-electron chi connectivity index (χ1n) is 13.5. The molecule has 5 heterocycles. The highest BCUT2D eigenvalue weighted by Crippen LogP contribution is 2.39. The molecular weight excluding hydrogens is 519 g/mol. The van der Waals surface area contributed by atoms with Crippen molar-refractivity contribution in [2.24, 2.45) is 0 Å². The maximum atomic E-state index is 14.8. The maximum Gasteiger partial charge on any atom is 0.248 e. The molecule has 2 aliphatic heterocycles. The van der Waals surface area contributed by atoms with Gasteiger partial charge in [-0.1, -0.05) is 0 Å². The number of H-pyrrole nitrogens is 1. The monoisotopic (exact) mass is 550 g/mol. The molecule has 3 fully saturated rings. The van der Waals surface area contributed by atoms with Crippen molar-refractivity contribution < 1.29 is 14.0 Å². The van der Waals surface area contributed by atoms with Gasteiger partial charge in [0.05, 0.1) is 18.4 Å². The Hall–Kier alpha value is -4.43. The number of piperidine rings is 1. The Labute approximate surface area is 229 Å². The number of carbonyl (C=O) groups is 2. The Kier molecular flexibility index (Phi) is 7.09. The average Bonchev–Trinajstić information content (AvgIpc) is 3.56. The van der Waals surface area contributed by atoms with Crippen LogP contribution in [0.5, 0.6) is 0 Å². The number of rotatable bonds is 8. The van der Waals surface area contributed by atoms with Crippen LogP contribution in [0.15, 0.2) is 24.7 Å². The van der Waals surface area contributed by atoms with Crippen LogP contribution in [0.4, 0.5) is 33.9 Å². The molecule has 3 aromatic rings. The van der Waals surface area contributed by atoms with Gasteiger partial charge in [0.2, 0.25) is 29.7 Å². The third-order valence-electron chi connectivity index (χ3n) is 7.19. The number of hydrogen-bond acceptors (Lipinski definition) is 11. The molecule has 0 aromatic carbocycles. The number of nitrogens with one attached hydrogen (secondary N) is 4. The molecule has 0 bridgehead atoms. The van der Waals surface area contributed by atoms with E-state index in [2.05, 4.69) is 51.1 Å². The lowest BCUT2D eigenvalue weighted by Crippen LogP contribution is -2.48. The van der Waals surface area contributed by atoms with Crippen LogP contribution in [-0.4, -0.2) is 84.8 Å². The van der Waals surface area contributed by atoms with E-state index >= 15 is 0 Å². The molecule has 40 heavy (non-hydrogen) atoms. The van der Waals surface area contributed by atoms with E-state index in [0.29, 0.717) is 30.8 Å². The first-order chi connectivity index (χ1) is 19.4. The summed E-state index contributed by atoms with van der Waals surface area (Å²) >= 11 is 0. The number of halogens is 1. The molecule has 1 aliphatic carbocycles. The van der Waals surface area contributed by atoms with Gasteiger partial charge in [0.25, 0.3) is 0 Å². The lowest BCUT2D eigenvalue weighted by atomic mass is 10.1. The van der Waals surface area contributed by atoms with E-state index in [1.165, 1.54) is 25.5 Å². The quantitative estimate of drug-likeness (QED) is 0.322. The van der Waals surface area contributed by atoms with Gasteiger partial charge in [-0.25, -0.2) is 9.37 Å². The number of aromatic nitrogens is 7. The molecule has 15 heteroatoms. The summed E-state index contributed by atoms with van der Waals surface area (Å²) in [4.78, 5) is 50.4. The molecule has 14 nitrogen and oxygen atoms in total. The summed E-state index contributed by atoms with van der Waals surface area (Å²) in [6.45, 7) is 2.64. The van der Waals surface area contributed by atoms with Crippen molar-refractivity contribution in [1.82, 2.24) is 40.4 Å². The highest BCUT2D eigenvalue weighted by molar-refractivity contribution is 5.96. The van der Waals surface area contributed by atoms with Crippen LogP contribution in [0, 0.1) is 0 Å². The summed E-state index contributed by atoms with van der Waals surface area (Å²) < 4.78 is 14.8. The molecule has 210 valence electrons. The van der Waals surface area contributed by atoms with E-state index in [9.17, 15) is 14.0 Å². The summed E-state index contributed by atoms with van der Waals surface area (Å²) in [5.41, 5.74) is 0.978. The van der Waals surface area contributed by atoms with E-state index in [4.69, 9.17) is 0 Å². The van der Waals surface area contributed by atoms with Gasteiger partial charge >= 0.3 is 0 Å². The second-order valence-corrected chi connectivity index (χ2v) is 10.4. The molecule has 3 aliphatic rings. The van der Waals surface area contributed by atoms with Gasteiger partial charge in [-0.15, -0.1) is 0 Å². The van der Waals surface area contributed by atoms with E-state index < -0.39 is 18.1 Å². The third kappa shape index (κ3) is 5.92. The molecule has 1 saturated carbocycles. The average molecular weight is 551 g/mol. The zero-order chi connectivity index (χ0) is 27.6. The summed E-state index contributed by atoms with van der Waals surface area (Å²) in [6, 6.07) is 1.02. The van der Waals surface area contributed by atoms with Gasteiger partial charge in [-0.2, -0.15) is 20.1 Å². The Morgan fingerprint density at radius 1 is 1.10 bits per heavy atom.